The van der Waals surface area contributed by atoms with Crippen molar-refractivity contribution in [3.05, 3.63) is 11.6 Å². The zero-order chi connectivity index (χ0) is 15.2. The minimum Gasteiger partial charge on any atom is -0.444 e. The number of hydrogen-bond acceptors (Lipinski definition) is 3. The summed E-state index contributed by atoms with van der Waals surface area (Å²) in [5.74, 6) is 0.0203. The van der Waals surface area contributed by atoms with E-state index in [1.807, 2.05) is 33.8 Å². The smallest absolute Gasteiger partial charge is 0.407 e. The molecule has 0 unspecified atom stereocenters. The van der Waals surface area contributed by atoms with Crippen LogP contribution in [0.4, 0.5) is 4.79 Å². The molecule has 2 N–H and O–H groups in total. The van der Waals surface area contributed by atoms with Crippen LogP contribution in [0.5, 0.6) is 0 Å². The summed E-state index contributed by atoms with van der Waals surface area (Å²) >= 11 is 0. The second-order valence-corrected chi connectivity index (χ2v) is 6.21. The van der Waals surface area contributed by atoms with Gasteiger partial charge in [0.25, 0.3) is 0 Å². The molecule has 2 amide bonds. The third-order valence-electron chi connectivity index (χ3n) is 2.96. The Bertz CT molecular complexity index is 383. The van der Waals surface area contributed by atoms with E-state index in [0.717, 1.165) is 24.8 Å². The molecule has 0 bridgehead atoms. The van der Waals surface area contributed by atoms with Gasteiger partial charge in [-0.15, -0.1) is 0 Å². The molecule has 0 heterocycles. The van der Waals surface area contributed by atoms with Gasteiger partial charge in [0, 0.05) is 18.2 Å². The number of ether oxygens (including phenoxy) is 1. The van der Waals surface area contributed by atoms with Gasteiger partial charge in [-0.05, 0) is 53.4 Å². The van der Waals surface area contributed by atoms with Crippen molar-refractivity contribution in [1.82, 2.24) is 10.6 Å². The first-order chi connectivity index (χ1) is 9.28. The lowest BCUT2D eigenvalue weighted by atomic mass is 10.2. The highest BCUT2D eigenvalue weighted by Gasteiger charge is 2.18. The van der Waals surface area contributed by atoms with Gasteiger partial charge in [0.2, 0.25) is 5.91 Å². The van der Waals surface area contributed by atoms with Crippen molar-refractivity contribution < 1.29 is 14.3 Å². The van der Waals surface area contributed by atoms with Crippen molar-refractivity contribution >= 4 is 12.0 Å². The molecule has 1 atom stereocenters. The molecule has 5 heteroatoms. The molecule has 0 aromatic heterocycles. The van der Waals surface area contributed by atoms with E-state index in [4.69, 9.17) is 4.74 Å². The lowest BCUT2D eigenvalue weighted by molar-refractivity contribution is -0.117. The minimum absolute atomic E-state index is 0.0203. The maximum atomic E-state index is 11.7. The van der Waals surface area contributed by atoms with Crippen LogP contribution in [0.2, 0.25) is 0 Å². The highest BCUT2D eigenvalue weighted by Crippen LogP contribution is 2.17. The highest BCUT2D eigenvalue weighted by molar-refractivity contribution is 5.93. The van der Waals surface area contributed by atoms with E-state index in [1.54, 1.807) is 0 Å². The van der Waals surface area contributed by atoms with E-state index in [0.29, 0.717) is 13.0 Å². The van der Waals surface area contributed by atoms with Gasteiger partial charge in [-0.25, -0.2) is 4.79 Å². The molecule has 0 spiro atoms. The molecule has 1 aliphatic carbocycles. The second-order valence-electron chi connectivity index (χ2n) is 6.21. The van der Waals surface area contributed by atoms with E-state index < -0.39 is 11.7 Å². The lowest BCUT2D eigenvalue weighted by Gasteiger charge is -2.22. The fraction of sp³-hybridized carbons (Fsp3) is 0.733. The number of rotatable bonds is 5. The van der Waals surface area contributed by atoms with Crippen molar-refractivity contribution in [3.63, 3.8) is 0 Å². The van der Waals surface area contributed by atoms with Crippen LogP contribution in [0.1, 0.15) is 53.4 Å². The predicted molar refractivity (Wildman–Crippen MR) is 78.4 cm³/mol. The van der Waals surface area contributed by atoms with E-state index in [-0.39, 0.29) is 11.9 Å². The standard InChI is InChI=1S/C15H26N2O3/c1-11(17-14(19)20-15(2,3)4)9-10-16-13(18)12-7-5-6-8-12/h7,11H,5-6,8-10H2,1-4H3,(H,16,18)(H,17,19)/t11-/m1/s1. The van der Waals surface area contributed by atoms with Crippen molar-refractivity contribution in [2.24, 2.45) is 0 Å². The zero-order valence-electron chi connectivity index (χ0n) is 12.9. The van der Waals surface area contributed by atoms with Crippen molar-refractivity contribution in [2.45, 2.75) is 65.0 Å². The van der Waals surface area contributed by atoms with Gasteiger partial charge in [0.1, 0.15) is 5.60 Å². The molecule has 114 valence electrons. The number of hydrogen-bond donors (Lipinski definition) is 2. The number of alkyl carbamates (subject to hydrolysis) is 1. The Morgan fingerprint density at radius 2 is 2.10 bits per heavy atom. The zero-order valence-corrected chi connectivity index (χ0v) is 12.9. The Hall–Kier alpha value is -1.52. The summed E-state index contributed by atoms with van der Waals surface area (Å²) in [5, 5.41) is 5.63. The molecular weight excluding hydrogens is 256 g/mol. The van der Waals surface area contributed by atoms with Crippen LogP contribution in [0, 0.1) is 0 Å². The van der Waals surface area contributed by atoms with E-state index in [2.05, 4.69) is 10.6 Å². The van der Waals surface area contributed by atoms with E-state index in [9.17, 15) is 9.59 Å². The first-order valence-electron chi connectivity index (χ1n) is 7.24. The Kier molecular flexibility index (Phi) is 6.05. The van der Waals surface area contributed by atoms with Gasteiger partial charge in [-0.3, -0.25) is 4.79 Å². The third-order valence-corrected chi connectivity index (χ3v) is 2.96. The molecule has 0 aliphatic heterocycles. The molecular formula is C15H26N2O3. The number of amides is 2. The van der Waals surface area contributed by atoms with Crippen LogP contribution < -0.4 is 10.6 Å². The van der Waals surface area contributed by atoms with Crippen molar-refractivity contribution in [3.8, 4) is 0 Å². The normalized spacial score (nSPS) is 16.3. The number of allylic oxidation sites excluding steroid dienone is 1. The molecule has 0 saturated carbocycles. The summed E-state index contributed by atoms with van der Waals surface area (Å²) in [6.07, 6.45) is 5.20. The van der Waals surface area contributed by atoms with E-state index in [1.165, 1.54) is 0 Å². The van der Waals surface area contributed by atoms with Gasteiger partial charge >= 0.3 is 6.09 Å². The maximum Gasteiger partial charge on any atom is 0.407 e. The second kappa shape index (κ2) is 7.31. The molecule has 0 aromatic rings. The van der Waals surface area contributed by atoms with Gasteiger partial charge in [-0.1, -0.05) is 6.08 Å². The van der Waals surface area contributed by atoms with Crippen LogP contribution in [0.25, 0.3) is 0 Å². The summed E-state index contributed by atoms with van der Waals surface area (Å²) in [4.78, 5) is 23.3. The summed E-state index contributed by atoms with van der Waals surface area (Å²) in [5.41, 5.74) is 0.394. The highest BCUT2D eigenvalue weighted by atomic mass is 16.6. The Balaban J connectivity index is 2.18. The van der Waals surface area contributed by atoms with Gasteiger partial charge in [0.05, 0.1) is 0 Å². The molecule has 1 rings (SSSR count). The molecule has 20 heavy (non-hydrogen) atoms. The van der Waals surface area contributed by atoms with Crippen LogP contribution in [0.15, 0.2) is 11.6 Å². The summed E-state index contributed by atoms with van der Waals surface area (Å²) < 4.78 is 5.17. The average molecular weight is 282 g/mol. The first kappa shape index (κ1) is 16.5. The van der Waals surface area contributed by atoms with Crippen molar-refractivity contribution in [1.29, 1.82) is 0 Å². The average Bonchev–Trinajstić information content (AvgIpc) is 2.78. The summed E-state index contributed by atoms with van der Waals surface area (Å²) in [7, 11) is 0. The van der Waals surface area contributed by atoms with Crippen LogP contribution in [-0.2, 0) is 9.53 Å². The molecule has 0 saturated heterocycles. The van der Waals surface area contributed by atoms with Gasteiger partial charge < -0.3 is 15.4 Å². The number of carbonyl (C=O) groups is 2. The summed E-state index contributed by atoms with van der Waals surface area (Å²) in [6, 6.07) is -0.0392. The van der Waals surface area contributed by atoms with Crippen LogP contribution in [0.3, 0.4) is 0 Å². The fourth-order valence-corrected chi connectivity index (χ4v) is 1.97. The molecule has 0 radical (unpaired) electrons. The molecule has 0 fully saturated rings. The lowest BCUT2D eigenvalue weighted by Crippen LogP contribution is -2.39. The molecule has 1 aliphatic rings. The maximum absolute atomic E-state index is 11.7. The van der Waals surface area contributed by atoms with Gasteiger partial charge in [-0.2, -0.15) is 0 Å². The number of carbonyl (C=O) groups excluding carboxylic acids is 2. The SMILES string of the molecule is C[C@H](CCNC(=O)C1=CCCC1)NC(=O)OC(C)(C)C. The van der Waals surface area contributed by atoms with Crippen LogP contribution >= 0.6 is 0 Å². The summed E-state index contributed by atoms with van der Waals surface area (Å²) in [6.45, 7) is 7.92. The molecule has 0 aromatic carbocycles. The Morgan fingerprint density at radius 1 is 1.40 bits per heavy atom. The van der Waals surface area contributed by atoms with Crippen LogP contribution in [-0.4, -0.2) is 30.2 Å². The van der Waals surface area contributed by atoms with E-state index >= 15 is 0 Å². The quantitative estimate of drug-likeness (QED) is 0.814. The first-order valence-corrected chi connectivity index (χ1v) is 7.24. The van der Waals surface area contributed by atoms with Crippen molar-refractivity contribution in [2.75, 3.05) is 6.54 Å². The van der Waals surface area contributed by atoms with Gasteiger partial charge in [0.15, 0.2) is 0 Å². The largest absolute Gasteiger partial charge is 0.444 e. The monoisotopic (exact) mass is 282 g/mol. The minimum atomic E-state index is -0.493. The number of nitrogens with one attached hydrogen (secondary N) is 2. The topological polar surface area (TPSA) is 67.4 Å². The Morgan fingerprint density at radius 3 is 2.65 bits per heavy atom. The fourth-order valence-electron chi connectivity index (χ4n) is 1.97. The predicted octanol–water partition coefficient (Wildman–Crippen LogP) is 2.52. The Labute approximate surface area is 121 Å². The third kappa shape index (κ3) is 6.59. The molecule has 5 nitrogen and oxygen atoms in total.